The number of aromatic amines is 1. The molecule has 0 bridgehead atoms. The molecule has 0 unspecified atom stereocenters. The van der Waals surface area contributed by atoms with E-state index in [9.17, 15) is 18.0 Å². The van der Waals surface area contributed by atoms with Gasteiger partial charge in [0.05, 0.1) is 0 Å². The van der Waals surface area contributed by atoms with Crippen molar-refractivity contribution in [3.8, 4) is 0 Å². The average molecular weight is 267 g/mol. The lowest BCUT2D eigenvalue weighted by Gasteiger charge is -2.04. The zero-order chi connectivity index (χ0) is 14.9. The van der Waals surface area contributed by atoms with Crippen LogP contribution in [0.4, 0.5) is 19.0 Å². The summed E-state index contributed by atoms with van der Waals surface area (Å²) >= 11 is 0. The Kier molecular flexibility index (Phi) is 8.94. The van der Waals surface area contributed by atoms with Crippen molar-refractivity contribution in [2.24, 2.45) is 0 Å². The van der Waals surface area contributed by atoms with Gasteiger partial charge < -0.3 is 5.32 Å². The Morgan fingerprint density at radius 2 is 1.67 bits per heavy atom. The Balaban J connectivity index is 0. The Hall–Kier alpha value is -1.53. The fourth-order valence-electron chi connectivity index (χ4n) is 0.962. The van der Waals surface area contributed by atoms with E-state index < -0.39 is 17.8 Å². The van der Waals surface area contributed by atoms with Crippen LogP contribution in [0.1, 0.15) is 45.9 Å². The number of aromatic nitrogens is 2. The maximum Gasteiger partial charge on any atom is 0.433 e. The standard InChI is InChI=1S/C7H8F3N3O.2C2H6/c1-3-5(7(8,9)10)12-13-6(3)11-4(2)14;2*1-2/h1-2H3,(H2,11,12,13,14);2*1-2H3. The molecular weight excluding hydrogens is 247 g/mol. The lowest BCUT2D eigenvalue weighted by atomic mass is 10.2. The SMILES string of the molecule is CC.CC.CC(=O)Nc1n[nH]c(C(F)(F)F)c1C. The van der Waals surface area contributed by atoms with Crippen molar-refractivity contribution in [2.45, 2.75) is 47.7 Å². The molecule has 0 aliphatic carbocycles. The second-order valence-electron chi connectivity index (χ2n) is 2.75. The molecule has 0 radical (unpaired) electrons. The van der Waals surface area contributed by atoms with Crippen LogP contribution in [0.15, 0.2) is 0 Å². The average Bonchev–Trinajstić information content (AvgIpc) is 2.65. The molecule has 0 aliphatic heterocycles. The molecule has 1 heterocycles. The molecule has 2 N–H and O–H groups in total. The van der Waals surface area contributed by atoms with E-state index >= 15 is 0 Å². The van der Waals surface area contributed by atoms with Gasteiger partial charge in [-0.25, -0.2) is 0 Å². The monoisotopic (exact) mass is 267 g/mol. The molecule has 4 nitrogen and oxygen atoms in total. The second-order valence-corrected chi connectivity index (χ2v) is 2.75. The number of halogens is 3. The molecular formula is C11H20F3N3O. The maximum atomic E-state index is 12.2. The topological polar surface area (TPSA) is 57.8 Å². The van der Waals surface area contributed by atoms with Crippen molar-refractivity contribution in [1.29, 1.82) is 0 Å². The fraction of sp³-hybridized carbons (Fsp3) is 0.636. The number of hydrogen-bond donors (Lipinski definition) is 2. The first-order chi connectivity index (χ1) is 8.32. The van der Waals surface area contributed by atoms with Crippen LogP contribution in [-0.4, -0.2) is 16.1 Å². The van der Waals surface area contributed by atoms with Crippen LogP contribution in [0.2, 0.25) is 0 Å². The summed E-state index contributed by atoms with van der Waals surface area (Å²) in [6.45, 7) is 10.4. The van der Waals surface area contributed by atoms with Crippen LogP contribution >= 0.6 is 0 Å². The van der Waals surface area contributed by atoms with Crippen molar-refractivity contribution in [1.82, 2.24) is 10.2 Å². The molecule has 0 saturated carbocycles. The van der Waals surface area contributed by atoms with Crippen LogP contribution in [0.25, 0.3) is 0 Å². The molecule has 0 aromatic carbocycles. The summed E-state index contributed by atoms with van der Waals surface area (Å²) in [5.74, 6) is -0.557. The molecule has 1 rings (SSSR count). The second kappa shape index (κ2) is 8.54. The van der Waals surface area contributed by atoms with Crippen molar-refractivity contribution in [3.05, 3.63) is 11.3 Å². The number of rotatable bonds is 1. The maximum absolute atomic E-state index is 12.2. The van der Waals surface area contributed by atoms with E-state index in [0.29, 0.717) is 0 Å². The van der Waals surface area contributed by atoms with E-state index in [0.717, 1.165) is 0 Å². The molecule has 18 heavy (non-hydrogen) atoms. The van der Waals surface area contributed by atoms with Crippen molar-refractivity contribution >= 4 is 11.7 Å². The van der Waals surface area contributed by atoms with Gasteiger partial charge in [0.1, 0.15) is 5.69 Å². The first kappa shape index (κ1) is 18.8. The van der Waals surface area contributed by atoms with Crippen LogP contribution in [0, 0.1) is 6.92 Å². The summed E-state index contributed by atoms with van der Waals surface area (Å²) in [6, 6.07) is 0. The van der Waals surface area contributed by atoms with E-state index in [1.165, 1.54) is 13.8 Å². The van der Waals surface area contributed by atoms with Crippen LogP contribution in [0.3, 0.4) is 0 Å². The molecule has 0 spiro atoms. The summed E-state index contributed by atoms with van der Waals surface area (Å²) < 4.78 is 36.6. The third-order valence-corrected chi connectivity index (χ3v) is 1.59. The molecule has 1 amide bonds. The van der Waals surface area contributed by atoms with Gasteiger partial charge >= 0.3 is 6.18 Å². The molecule has 1 aromatic rings. The highest BCUT2D eigenvalue weighted by atomic mass is 19.4. The number of carbonyl (C=O) groups is 1. The number of amides is 1. The first-order valence-corrected chi connectivity index (χ1v) is 5.72. The summed E-state index contributed by atoms with van der Waals surface area (Å²) in [5.41, 5.74) is -1.06. The van der Waals surface area contributed by atoms with Crippen LogP contribution in [0.5, 0.6) is 0 Å². The lowest BCUT2D eigenvalue weighted by Crippen LogP contribution is -2.09. The van der Waals surface area contributed by atoms with E-state index in [-0.39, 0.29) is 11.4 Å². The molecule has 7 heteroatoms. The minimum absolute atomic E-state index is 0.0928. The highest BCUT2D eigenvalue weighted by Gasteiger charge is 2.35. The number of nitrogens with zero attached hydrogens (tertiary/aromatic N) is 1. The van der Waals surface area contributed by atoms with E-state index in [1.54, 1.807) is 0 Å². The van der Waals surface area contributed by atoms with Gasteiger partial charge in [0.2, 0.25) is 5.91 Å². The third-order valence-electron chi connectivity index (χ3n) is 1.59. The predicted molar refractivity (Wildman–Crippen MR) is 65.3 cm³/mol. The fourth-order valence-corrected chi connectivity index (χ4v) is 0.962. The normalized spacial score (nSPS) is 9.61. The van der Waals surface area contributed by atoms with E-state index in [4.69, 9.17) is 0 Å². The minimum Gasteiger partial charge on any atom is -0.309 e. The van der Waals surface area contributed by atoms with Crippen LogP contribution < -0.4 is 5.32 Å². The minimum atomic E-state index is -4.48. The van der Waals surface area contributed by atoms with Crippen molar-refractivity contribution < 1.29 is 18.0 Å². The highest BCUT2D eigenvalue weighted by Crippen LogP contribution is 2.32. The van der Waals surface area contributed by atoms with Crippen molar-refractivity contribution in [3.63, 3.8) is 0 Å². The van der Waals surface area contributed by atoms with Crippen molar-refractivity contribution in [2.75, 3.05) is 5.32 Å². The summed E-state index contributed by atoms with van der Waals surface area (Å²) in [5, 5.41) is 7.36. The van der Waals surface area contributed by atoms with Gasteiger partial charge in [-0.15, -0.1) is 0 Å². The molecule has 0 fully saturated rings. The number of alkyl halides is 3. The predicted octanol–water partition coefficient (Wildman–Crippen LogP) is 3.75. The molecule has 1 aromatic heterocycles. The summed E-state index contributed by atoms with van der Waals surface area (Å²) in [6.07, 6.45) is -4.48. The Bertz CT molecular complexity index is 359. The Morgan fingerprint density at radius 3 is 1.94 bits per heavy atom. The molecule has 106 valence electrons. The number of hydrogen-bond acceptors (Lipinski definition) is 2. The highest BCUT2D eigenvalue weighted by molar-refractivity contribution is 5.88. The Labute approximate surface area is 105 Å². The first-order valence-electron chi connectivity index (χ1n) is 5.72. The largest absolute Gasteiger partial charge is 0.433 e. The molecule has 0 aliphatic rings. The zero-order valence-corrected chi connectivity index (χ0v) is 11.5. The summed E-state index contributed by atoms with van der Waals surface area (Å²) in [4.78, 5) is 10.6. The van der Waals surface area contributed by atoms with E-state index in [1.807, 2.05) is 32.8 Å². The van der Waals surface area contributed by atoms with Crippen LogP contribution in [-0.2, 0) is 11.0 Å². The van der Waals surface area contributed by atoms with Gasteiger partial charge in [-0.1, -0.05) is 27.7 Å². The number of anilines is 1. The number of nitrogens with one attached hydrogen (secondary N) is 2. The number of H-pyrrole nitrogens is 1. The molecule has 0 atom stereocenters. The van der Waals surface area contributed by atoms with Gasteiger partial charge in [0.15, 0.2) is 5.82 Å². The lowest BCUT2D eigenvalue weighted by molar-refractivity contribution is -0.141. The van der Waals surface area contributed by atoms with Gasteiger partial charge in [0, 0.05) is 12.5 Å². The third kappa shape index (κ3) is 5.70. The van der Waals surface area contributed by atoms with Gasteiger partial charge in [-0.05, 0) is 6.92 Å². The smallest absolute Gasteiger partial charge is 0.309 e. The van der Waals surface area contributed by atoms with E-state index in [2.05, 4.69) is 10.4 Å². The van der Waals surface area contributed by atoms with Gasteiger partial charge in [-0.2, -0.15) is 18.3 Å². The number of carbonyl (C=O) groups excluding carboxylic acids is 1. The molecule has 0 saturated heterocycles. The summed E-state index contributed by atoms with van der Waals surface area (Å²) in [7, 11) is 0. The van der Waals surface area contributed by atoms with Gasteiger partial charge in [0.25, 0.3) is 0 Å². The zero-order valence-electron chi connectivity index (χ0n) is 11.5. The quantitative estimate of drug-likeness (QED) is 0.814. The van der Waals surface area contributed by atoms with Gasteiger partial charge in [-0.3, -0.25) is 9.89 Å². The Morgan fingerprint density at radius 1 is 1.22 bits per heavy atom.